The van der Waals surface area contributed by atoms with E-state index in [1.807, 2.05) is 25.2 Å². The van der Waals surface area contributed by atoms with E-state index in [-0.39, 0.29) is 12.1 Å². The normalized spacial score (nSPS) is 11.7. The van der Waals surface area contributed by atoms with Gasteiger partial charge in [0.25, 0.3) is 0 Å². The van der Waals surface area contributed by atoms with Crippen molar-refractivity contribution in [1.29, 1.82) is 0 Å². The summed E-state index contributed by atoms with van der Waals surface area (Å²) in [6.07, 6.45) is 12.7. The standard InChI is InChI=1S/C65H55N3.C9H12.C4H6/c1-46-18-8-9-35-61(46)65(60-34-17-32-58(43-60)56-30-15-28-54(41-56)50-23-6-3-7-24-50)68-45-48-20-13-26-52(39-48)51-25-12-19-47(38-51)44-67-63-37-11-10-36-62(63)64(66)59-33-16-31-57(42-59)55-29-14-27-53(40-55)49-21-4-2-5-22-49;1-4-7-9(6-3)8-5-2;1-3-4-2/h2-43,64-65,67-68H,44-45,66H2,1H3;4-8H,1,3H2,2H3;3-4H,1-2H2/b;8-5+,9-7+;. The van der Waals surface area contributed by atoms with E-state index in [9.17, 15) is 0 Å². The summed E-state index contributed by atoms with van der Waals surface area (Å²) in [7, 11) is 0. The van der Waals surface area contributed by atoms with E-state index in [1.165, 1.54) is 77.9 Å². The predicted octanol–water partition coefficient (Wildman–Crippen LogP) is 20.1. The average molecular weight is 1050 g/mol. The van der Waals surface area contributed by atoms with Gasteiger partial charge in [-0.1, -0.05) is 281 Å². The van der Waals surface area contributed by atoms with Crippen molar-refractivity contribution in [2.75, 3.05) is 5.32 Å². The van der Waals surface area contributed by atoms with Gasteiger partial charge >= 0.3 is 0 Å². The van der Waals surface area contributed by atoms with E-state index >= 15 is 0 Å². The molecule has 10 rings (SSSR count). The van der Waals surface area contributed by atoms with Gasteiger partial charge in [-0.2, -0.15) is 0 Å². The summed E-state index contributed by atoms with van der Waals surface area (Å²) in [4.78, 5) is 0. The Morgan fingerprint density at radius 3 is 1.36 bits per heavy atom. The van der Waals surface area contributed by atoms with Crippen LogP contribution in [0.4, 0.5) is 5.69 Å². The van der Waals surface area contributed by atoms with Crippen LogP contribution in [0.3, 0.4) is 0 Å². The van der Waals surface area contributed by atoms with Crippen molar-refractivity contribution in [2.45, 2.75) is 39.0 Å². The second kappa shape index (κ2) is 29.9. The maximum absolute atomic E-state index is 7.09. The maximum atomic E-state index is 7.09. The minimum Gasteiger partial charge on any atom is -0.381 e. The Morgan fingerprint density at radius 1 is 0.420 bits per heavy atom. The van der Waals surface area contributed by atoms with Gasteiger partial charge in [-0.05, 0) is 156 Å². The largest absolute Gasteiger partial charge is 0.381 e. The van der Waals surface area contributed by atoms with Gasteiger partial charge in [0.1, 0.15) is 0 Å². The van der Waals surface area contributed by atoms with Crippen molar-refractivity contribution in [1.82, 2.24) is 5.32 Å². The second-order valence-electron chi connectivity index (χ2n) is 19.7. The van der Waals surface area contributed by atoms with Crippen molar-refractivity contribution >= 4 is 5.69 Å². The molecule has 4 N–H and O–H groups in total. The number of rotatable bonds is 19. The third-order valence-corrected chi connectivity index (χ3v) is 14.1. The molecule has 0 aliphatic rings. The number of nitrogens with two attached hydrogens (primary N) is 1. The molecule has 0 spiro atoms. The lowest BCUT2D eigenvalue weighted by Gasteiger charge is -2.23. The molecule has 10 aromatic rings. The second-order valence-corrected chi connectivity index (χ2v) is 19.7. The van der Waals surface area contributed by atoms with Crippen molar-refractivity contribution in [3.8, 4) is 55.6 Å². The zero-order chi connectivity index (χ0) is 56.6. The molecule has 0 amide bonds. The van der Waals surface area contributed by atoms with Crippen molar-refractivity contribution in [3.05, 3.63) is 368 Å². The van der Waals surface area contributed by atoms with Crippen LogP contribution < -0.4 is 16.4 Å². The molecule has 0 saturated carbocycles. The first-order valence-electron chi connectivity index (χ1n) is 27.7. The fourth-order valence-corrected chi connectivity index (χ4v) is 9.91. The van der Waals surface area contributed by atoms with Crippen LogP contribution in [0.2, 0.25) is 0 Å². The van der Waals surface area contributed by atoms with Crippen LogP contribution in [0.15, 0.2) is 329 Å². The zero-order valence-corrected chi connectivity index (χ0v) is 46.8. The Kier molecular flexibility index (Phi) is 21.3. The smallest absolute Gasteiger partial charge is 0.0582 e. The predicted molar refractivity (Wildman–Crippen MR) is 350 cm³/mol. The molecule has 0 fully saturated rings. The Morgan fingerprint density at radius 2 is 0.840 bits per heavy atom. The molecule has 2 atom stereocenters. The molecule has 0 aliphatic carbocycles. The first-order chi connectivity index (χ1) is 39.8. The monoisotopic (exact) mass is 1050 g/mol. The molecule has 3 heteroatoms. The Bertz CT molecular complexity index is 3730. The molecular weight excluding hydrogens is 979 g/mol. The zero-order valence-electron chi connectivity index (χ0n) is 46.8. The molecule has 0 heterocycles. The van der Waals surface area contributed by atoms with Gasteiger partial charge in [-0.3, -0.25) is 0 Å². The summed E-state index contributed by atoms with van der Waals surface area (Å²) in [5.74, 6) is 0. The lowest BCUT2D eigenvalue weighted by molar-refractivity contribution is 0.603. The van der Waals surface area contributed by atoms with E-state index in [1.54, 1.807) is 24.3 Å². The molecule has 81 heavy (non-hydrogen) atoms. The number of anilines is 1. The number of hydrogen-bond acceptors (Lipinski definition) is 3. The van der Waals surface area contributed by atoms with Gasteiger partial charge in [0, 0.05) is 18.8 Å². The third kappa shape index (κ3) is 16.0. The van der Waals surface area contributed by atoms with Gasteiger partial charge in [-0.25, -0.2) is 0 Å². The van der Waals surface area contributed by atoms with Crippen molar-refractivity contribution in [3.63, 3.8) is 0 Å². The van der Waals surface area contributed by atoms with Crippen LogP contribution in [0.25, 0.3) is 55.6 Å². The number of allylic oxidation sites excluding steroid dienone is 8. The van der Waals surface area contributed by atoms with Gasteiger partial charge in [0.2, 0.25) is 0 Å². The van der Waals surface area contributed by atoms with Crippen molar-refractivity contribution < 1.29 is 0 Å². The van der Waals surface area contributed by atoms with E-state index < -0.39 is 0 Å². The van der Waals surface area contributed by atoms with E-state index in [0.29, 0.717) is 13.1 Å². The Labute approximate surface area is 482 Å². The highest BCUT2D eigenvalue weighted by Crippen LogP contribution is 2.34. The summed E-state index contributed by atoms with van der Waals surface area (Å²) in [6, 6.07) is 91.0. The lowest BCUT2D eigenvalue weighted by atomic mass is 9.91. The Hall–Kier alpha value is -9.64. The van der Waals surface area contributed by atoms with Gasteiger partial charge in [-0.15, -0.1) is 0 Å². The number of hydrogen-bond donors (Lipinski definition) is 3. The number of aryl methyl sites for hydroxylation is 1. The maximum Gasteiger partial charge on any atom is 0.0582 e. The molecule has 0 radical (unpaired) electrons. The molecule has 0 bridgehead atoms. The highest BCUT2D eigenvalue weighted by atomic mass is 14.9. The highest BCUT2D eigenvalue weighted by Gasteiger charge is 2.18. The SMILES string of the molecule is C=C/C=C(C=C)/C=C/C.C=CC=C.Cc1ccccc1C(NCc1cccc(-c2cccc(CNc3ccccc3C(N)c3cccc(-c4cccc(-c5ccccc5)c4)c3)c2)c1)c1cccc(-c2cccc(-c3ccccc3)c2)c1. The summed E-state index contributed by atoms with van der Waals surface area (Å²) < 4.78 is 0. The van der Waals surface area contributed by atoms with Crippen LogP contribution in [-0.2, 0) is 13.1 Å². The topological polar surface area (TPSA) is 50.1 Å². The van der Waals surface area contributed by atoms with E-state index in [4.69, 9.17) is 5.73 Å². The fourth-order valence-electron chi connectivity index (χ4n) is 9.91. The molecule has 0 aliphatic heterocycles. The number of benzene rings is 10. The molecule has 0 saturated heterocycles. The van der Waals surface area contributed by atoms with Gasteiger partial charge < -0.3 is 16.4 Å². The summed E-state index contributed by atoms with van der Waals surface area (Å²) in [6.45, 7) is 19.5. The van der Waals surface area contributed by atoms with Crippen LogP contribution in [0, 0.1) is 6.92 Å². The third-order valence-electron chi connectivity index (χ3n) is 14.1. The van der Waals surface area contributed by atoms with Crippen LogP contribution in [0.5, 0.6) is 0 Å². The molecule has 3 nitrogen and oxygen atoms in total. The first-order valence-corrected chi connectivity index (χ1v) is 27.7. The summed E-state index contributed by atoms with van der Waals surface area (Å²) in [5, 5.41) is 7.72. The molecular formula is C78H73N3. The summed E-state index contributed by atoms with van der Waals surface area (Å²) in [5.41, 5.74) is 29.5. The molecule has 400 valence electrons. The number of para-hydroxylation sites is 1. The van der Waals surface area contributed by atoms with Gasteiger partial charge in [0.05, 0.1) is 12.1 Å². The minimum absolute atomic E-state index is 0.00319. The molecule has 2 unspecified atom stereocenters. The van der Waals surface area contributed by atoms with Crippen LogP contribution in [-0.4, -0.2) is 0 Å². The van der Waals surface area contributed by atoms with E-state index in [0.717, 1.165) is 28.0 Å². The van der Waals surface area contributed by atoms with Crippen LogP contribution >= 0.6 is 0 Å². The Balaban J connectivity index is 0.000000594. The highest BCUT2D eigenvalue weighted by molar-refractivity contribution is 5.75. The first kappa shape index (κ1) is 57.5. The molecule has 0 aromatic heterocycles. The summed E-state index contributed by atoms with van der Waals surface area (Å²) >= 11 is 0. The minimum atomic E-state index is -0.301. The quantitative estimate of drug-likeness (QED) is 0.0708. The number of nitrogens with one attached hydrogen (secondary N) is 2. The fraction of sp³-hybridized carbons (Fsp3) is 0.0769. The lowest BCUT2D eigenvalue weighted by Crippen LogP contribution is -2.23. The molecule has 10 aromatic carbocycles. The van der Waals surface area contributed by atoms with Gasteiger partial charge in [0.15, 0.2) is 0 Å². The van der Waals surface area contributed by atoms with Crippen molar-refractivity contribution in [2.24, 2.45) is 5.73 Å². The van der Waals surface area contributed by atoms with Crippen LogP contribution in [0.1, 0.15) is 58.0 Å². The average Bonchev–Trinajstić information content (AvgIpc) is 3.56. The van der Waals surface area contributed by atoms with E-state index in [2.05, 4.69) is 299 Å².